The predicted molar refractivity (Wildman–Crippen MR) is 85.3 cm³/mol. The zero-order chi connectivity index (χ0) is 14.2. The first-order valence-corrected chi connectivity index (χ1v) is 7.15. The summed E-state index contributed by atoms with van der Waals surface area (Å²) in [6.45, 7) is 0. The Balaban J connectivity index is 2.03. The topological polar surface area (TPSA) is 17.0 Å². The molecule has 0 saturated carbocycles. The molecule has 0 spiro atoms. The smallest absolute Gasteiger partial charge is 0.196 e. The van der Waals surface area contributed by atoms with E-state index in [4.69, 9.17) is 11.6 Å². The number of benzene rings is 2. The molecule has 0 fully saturated rings. The summed E-state index contributed by atoms with van der Waals surface area (Å²) in [6.07, 6.45) is 2.00. The highest BCUT2D eigenvalue weighted by Crippen LogP contribution is 2.22. The molecule has 0 aliphatic carbocycles. The molecule has 0 radical (unpaired) electrons. The highest BCUT2D eigenvalue weighted by Gasteiger charge is 2.16. The predicted octanol–water partition coefficient (Wildman–Crippen LogP) is 4.29. The molecule has 0 atom stereocenters. The first-order chi connectivity index (χ1) is 10.3. The number of hydrogen-bond acceptors (Lipinski definition) is 1. The van der Waals surface area contributed by atoms with Crippen LogP contribution in [-0.2, 0) is 0 Å². The van der Waals surface area contributed by atoms with Crippen molar-refractivity contribution in [2.75, 3.05) is 0 Å². The maximum absolute atomic E-state index is 6.17. The average Bonchev–Trinajstić information content (AvgIpc) is 2.53. The molecule has 2 heterocycles. The lowest BCUT2D eigenvalue weighted by Gasteiger charge is -2.02. The van der Waals surface area contributed by atoms with E-state index in [1.165, 1.54) is 10.8 Å². The molecular formula is C18H12ClN2+. The molecule has 0 amide bonds. The van der Waals surface area contributed by atoms with Gasteiger partial charge in [0.15, 0.2) is 0 Å². The van der Waals surface area contributed by atoms with Gasteiger partial charge in [-0.05, 0) is 51.6 Å². The molecule has 2 aromatic carbocycles. The number of pyridine rings is 1. The van der Waals surface area contributed by atoms with Crippen LogP contribution in [0.1, 0.15) is 0 Å². The lowest BCUT2D eigenvalue weighted by Crippen LogP contribution is -2.25. The fourth-order valence-electron chi connectivity index (χ4n) is 2.61. The molecule has 3 heteroatoms. The largest absolute Gasteiger partial charge is 0.337 e. The second-order valence-corrected chi connectivity index (χ2v) is 5.35. The fraction of sp³-hybridized carbons (Fsp3) is 0. The highest BCUT2D eigenvalue weighted by molar-refractivity contribution is 6.29. The van der Waals surface area contributed by atoms with Crippen LogP contribution in [0.3, 0.4) is 0 Å². The fourth-order valence-corrected chi connectivity index (χ4v) is 2.80. The van der Waals surface area contributed by atoms with Crippen LogP contribution in [0, 0.1) is 0 Å². The molecule has 21 heavy (non-hydrogen) atoms. The van der Waals surface area contributed by atoms with E-state index in [0.29, 0.717) is 5.15 Å². The minimum absolute atomic E-state index is 0.504. The van der Waals surface area contributed by atoms with Crippen LogP contribution in [0.25, 0.3) is 27.7 Å². The molecule has 0 unspecified atom stereocenters. The Hall–Kier alpha value is -2.45. The van der Waals surface area contributed by atoms with Crippen LogP contribution in [-0.4, -0.2) is 4.98 Å². The van der Waals surface area contributed by atoms with Gasteiger partial charge in [-0.1, -0.05) is 36.4 Å². The van der Waals surface area contributed by atoms with Crippen LogP contribution in [0.2, 0.25) is 5.15 Å². The minimum Gasteiger partial charge on any atom is -0.196 e. The molecule has 2 nitrogen and oxygen atoms in total. The highest BCUT2D eigenvalue weighted by atomic mass is 35.5. The Morgan fingerprint density at radius 1 is 0.810 bits per heavy atom. The molecule has 0 bridgehead atoms. The van der Waals surface area contributed by atoms with Gasteiger partial charge in [0.2, 0.25) is 5.15 Å². The van der Waals surface area contributed by atoms with Crippen molar-refractivity contribution in [3.8, 4) is 11.4 Å². The van der Waals surface area contributed by atoms with E-state index in [1.54, 1.807) is 0 Å². The van der Waals surface area contributed by atoms with Crippen molar-refractivity contribution in [2.24, 2.45) is 0 Å². The second-order valence-electron chi connectivity index (χ2n) is 4.96. The first-order valence-electron chi connectivity index (χ1n) is 6.77. The van der Waals surface area contributed by atoms with Crippen molar-refractivity contribution < 1.29 is 4.40 Å². The number of nitrogens with zero attached hydrogens (tertiary/aromatic N) is 2. The Labute approximate surface area is 127 Å². The number of hydrogen-bond donors (Lipinski definition) is 0. The summed E-state index contributed by atoms with van der Waals surface area (Å²) in [6, 6.07) is 22.5. The third-order valence-corrected chi connectivity index (χ3v) is 3.80. The summed E-state index contributed by atoms with van der Waals surface area (Å²) in [5.41, 5.74) is 2.08. The molecule has 100 valence electrons. The molecule has 0 aliphatic rings. The lowest BCUT2D eigenvalue weighted by molar-refractivity contribution is -0.502. The van der Waals surface area contributed by atoms with Gasteiger partial charge in [0.1, 0.15) is 5.52 Å². The van der Waals surface area contributed by atoms with Crippen LogP contribution >= 0.6 is 11.6 Å². The maximum Gasteiger partial charge on any atom is 0.337 e. The zero-order valence-corrected chi connectivity index (χ0v) is 12.0. The zero-order valence-electron chi connectivity index (χ0n) is 11.2. The molecule has 4 aromatic rings. The normalized spacial score (nSPS) is 11.1. The quantitative estimate of drug-likeness (QED) is 0.377. The van der Waals surface area contributed by atoms with Gasteiger partial charge in [-0.15, -0.1) is 0 Å². The third kappa shape index (κ3) is 2.14. The van der Waals surface area contributed by atoms with Crippen LogP contribution in [0.4, 0.5) is 0 Å². The molecule has 0 aliphatic heterocycles. The van der Waals surface area contributed by atoms with Crippen molar-refractivity contribution in [2.45, 2.75) is 0 Å². The van der Waals surface area contributed by atoms with E-state index in [0.717, 1.165) is 16.9 Å². The van der Waals surface area contributed by atoms with E-state index in [2.05, 4.69) is 39.7 Å². The van der Waals surface area contributed by atoms with Gasteiger partial charge in [0.25, 0.3) is 0 Å². The number of rotatable bonds is 1. The van der Waals surface area contributed by atoms with Crippen molar-refractivity contribution in [3.63, 3.8) is 0 Å². The van der Waals surface area contributed by atoms with E-state index in [-0.39, 0.29) is 0 Å². The maximum atomic E-state index is 6.17. The van der Waals surface area contributed by atoms with Crippen molar-refractivity contribution in [1.82, 2.24) is 4.98 Å². The SMILES string of the molecule is Clc1cc2cccc[n+]2c(-c2ccc3ccccc3c2)n1. The van der Waals surface area contributed by atoms with E-state index in [1.807, 2.05) is 42.6 Å². The Kier molecular flexibility index (Phi) is 2.83. The van der Waals surface area contributed by atoms with Crippen molar-refractivity contribution in [1.29, 1.82) is 0 Å². The van der Waals surface area contributed by atoms with Crippen LogP contribution < -0.4 is 4.40 Å². The summed E-state index contributed by atoms with van der Waals surface area (Å²) in [5.74, 6) is 0.851. The van der Waals surface area contributed by atoms with Gasteiger partial charge in [0, 0.05) is 6.07 Å². The van der Waals surface area contributed by atoms with E-state index >= 15 is 0 Å². The molecular weight excluding hydrogens is 280 g/mol. The monoisotopic (exact) mass is 291 g/mol. The van der Waals surface area contributed by atoms with Crippen molar-refractivity contribution >= 4 is 27.9 Å². The molecule has 4 rings (SSSR count). The number of fused-ring (bicyclic) bond motifs is 2. The van der Waals surface area contributed by atoms with Crippen molar-refractivity contribution in [3.05, 3.63) is 78.1 Å². The van der Waals surface area contributed by atoms with Gasteiger partial charge >= 0.3 is 5.82 Å². The van der Waals surface area contributed by atoms with Gasteiger partial charge in [-0.3, -0.25) is 0 Å². The van der Waals surface area contributed by atoms with Crippen LogP contribution in [0.5, 0.6) is 0 Å². The minimum atomic E-state index is 0.504. The summed E-state index contributed by atoms with van der Waals surface area (Å²) >= 11 is 6.17. The summed E-state index contributed by atoms with van der Waals surface area (Å²) in [5, 5.41) is 2.92. The van der Waals surface area contributed by atoms with E-state index < -0.39 is 0 Å². The first kappa shape index (κ1) is 12.3. The number of aromatic nitrogens is 2. The molecule has 2 aromatic heterocycles. The van der Waals surface area contributed by atoms with Gasteiger partial charge in [-0.25, -0.2) is 0 Å². The summed E-state index contributed by atoms with van der Waals surface area (Å²) in [4.78, 5) is 4.51. The van der Waals surface area contributed by atoms with Gasteiger partial charge in [0.05, 0.1) is 11.8 Å². The van der Waals surface area contributed by atoms with Gasteiger partial charge in [-0.2, -0.15) is 4.40 Å². The standard InChI is InChI=1S/C18H12ClN2/c19-17-12-16-7-3-4-10-21(16)18(20-17)15-9-8-13-5-1-2-6-14(13)11-15/h1-12H/q+1. The second kappa shape index (κ2) is 4.83. The lowest BCUT2D eigenvalue weighted by atomic mass is 10.1. The van der Waals surface area contributed by atoms with Gasteiger partial charge < -0.3 is 0 Å². The summed E-state index contributed by atoms with van der Waals surface area (Å²) in [7, 11) is 0. The Morgan fingerprint density at radius 3 is 2.52 bits per heavy atom. The summed E-state index contributed by atoms with van der Waals surface area (Å²) < 4.78 is 2.05. The van der Waals surface area contributed by atoms with E-state index in [9.17, 15) is 0 Å². The number of halogens is 1. The van der Waals surface area contributed by atoms with Crippen LogP contribution in [0.15, 0.2) is 72.9 Å². The molecule has 0 saturated heterocycles. The Bertz CT molecular complexity index is 963. The third-order valence-electron chi connectivity index (χ3n) is 3.61. The Morgan fingerprint density at radius 2 is 1.62 bits per heavy atom. The average molecular weight is 292 g/mol. The molecule has 0 N–H and O–H groups in total.